The molecule has 2 aliphatic carbocycles. The van der Waals surface area contributed by atoms with Crippen molar-refractivity contribution in [2.75, 3.05) is 13.2 Å². The van der Waals surface area contributed by atoms with E-state index in [2.05, 4.69) is 0 Å². The molecule has 2 saturated carbocycles. The molecule has 0 spiro atoms. The molecule has 0 bridgehead atoms. The van der Waals surface area contributed by atoms with Crippen molar-refractivity contribution in [1.29, 1.82) is 0 Å². The first-order valence-electron chi connectivity index (χ1n) is 5.62. The summed E-state index contributed by atoms with van der Waals surface area (Å²) in [5.41, 5.74) is 0.182. The van der Waals surface area contributed by atoms with Gasteiger partial charge in [0.1, 0.15) is 0 Å². The van der Waals surface area contributed by atoms with E-state index in [9.17, 15) is 0 Å². The minimum atomic E-state index is 0.175. The maximum atomic E-state index is 8.79. The molecule has 76 valence electrons. The second-order valence-electron chi connectivity index (χ2n) is 4.47. The summed E-state index contributed by atoms with van der Waals surface area (Å²) in [5, 5.41) is 8.79. The van der Waals surface area contributed by atoms with Crippen LogP contribution in [0.1, 0.15) is 44.9 Å². The number of aliphatic hydroxyl groups excluding tert-OH is 1. The van der Waals surface area contributed by atoms with Crippen LogP contribution >= 0.6 is 0 Å². The fourth-order valence-electron chi connectivity index (χ4n) is 2.83. The van der Waals surface area contributed by atoms with Crippen molar-refractivity contribution < 1.29 is 9.84 Å². The summed E-state index contributed by atoms with van der Waals surface area (Å²) in [4.78, 5) is 0. The highest BCUT2D eigenvalue weighted by atomic mass is 16.5. The summed E-state index contributed by atoms with van der Waals surface area (Å²) in [5.74, 6) is 0.807. The summed E-state index contributed by atoms with van der Waals surface area (Å²) < 4.78 is 5.89. The summed E-state index contributed by atoms with van der Waals surface area (Å²) >= 11 is 0. The molecule has 2 nitrogen and oxygen atoms in total. The van der Waals surface area contributed by atoms with Gasteiger partial charge < -0.3 is 9.84 Å². The van der Waals surface area contributed by atoms with Gasteiger partial charge in [0.25, 0.3) is 0 Å². The first-order chi connectivity index (χ1) is 6.37. The topological polar surface area (TPSA) is 29.5 Å². The van der Waals surface area contributed by atoms with Crippen molar-refractivity contribution in [2.24, 2.45) is 5.92 Å². The van der Waals surface area contributed by atoms with E-state index >= 15 is 0 Å². The van der Waals surface area contributed by atoms with Gasteiger partial charge in [0.2, 0.25) is 0 Å². The highest BCUT2D eigenvalue weighted by molar-refractivity contribution is 4.96. The van der Waals surface area contributed by atoms with E-state index in [1.807, 2.05) is 0 Å². The predicted octanol–water partition coefficient (Wildman–Crippen LogP) is 2.11. The van der Waals surface area contributed by atoms with Gasteiger partial charge in [-0.2, -0.15) is 0 Å². The van der Waals surface area contributed by atoms with Crippen LogP contribution in [0, 0.1) is 5.92 Å². The molecule has 0 saturated heterocycles. The first-order valence-corrected chi connectivity index (χ1v) is 5.62. The maximum Gasteiger partial charge on any atom is 0.0711 e. The van der Waals surface area contributed by atoms with Crippen molar-refractivity contribution in [3.05, 3.63) is 0 Å². The van der Waals surface area contributed by atoms with Crippen molar-refractivity contribution in [1.82, 2.24) is 0 Å². The Bertz CT molecular complexity index is 157. The molecule has 0 aromatic heterocycles. The molecular weight excluding hydrogens is 164 g/mol. The second-order valence-corrected chi connectivity index (χ2v) is 4.47. The Morgan fingerprint density at radius 1 is 1.15 bits per heavy atom. The molecule has 0 amide bonds. The molecule has 2 aliphatic rings. The van der Waals surface area contributed by atoms with E-state index < -0.39 is 0 Å². The van der Waals surface area contributed by atoms with Gasteiger partial charge >= 0.3 is 0 Å². The van der Waals surface area contributed by atoms with E-state index in [0.29, 0.717) is 6.61 Å². The van der Waals surface area contributed by atoms with E-state index in [4.69, 9.17) is 9.84 Å². The quantitative estimate of drug-likeness (QED) is 0.725. The first kappa shape index (κ1) is 9.47. The summed E-state index contributed by atoms with van der Waals surface area (Å²) in [6.45, 7) is 0.713. The standard InChI is InChI=1S/C11H20O2/c12-8-9-13-11(6-1-2-7-11)10-4-3-5-10/h10,12H,1-9H2. The fourth-order valence-corrected chi connectivity index (χ4v) is 2.83. The minimum Gasteiger partial charge on any atom is -0.394 e. The van der Waals surface area contributed by atoms with Crippen LogP contribution in [0.25, 0.3) is 0 Å². The molecule has 2 heteroatoms. The molecule has 0 aliphatic heterocycles. The Morgan fingerprint density at radius 3 is 2.31 bits per heavy atom. The molecule has 13 heavy (non-hydrogen) atoms. The third-order valence-electron chi connectivity index (χ3n) is 3.78. The second kappa shape index (κ2) is 3.97. The zero-order valence-corrected chi connectivity index (χ0v) is 8.30. The lowest BCUT2D eigenvalue weighted by Crippen LogP contribution is -2.42. The third-order valence-corrected chi connectivity index (χ3v) is 3.78. The summed E-state index contributed by atoms with van der Waals surface area (Å²) in [6.07, 6.45) is 9.20. The Balaban J connectivity index is 1.92. The van der Waals surface area contributed by atoms with Crippen LogP contribution in [-0.2, 0) is 4.74 Å². The normalized spacial score (nSPS) is 27.5. The predicted molar refractivity (Wildman–Crippen MR) is 51.6 cm³/mol. The van der Waals surface area contributed by atoms with E-state index in [-0.39, 0.29) is 12.2 Å². The lowest BCUT2D eigenvalue weighted by molar-refractivity contribution is -0.112. The van der Waals surface area contributed by atoms with Gasteiger partial charge in [-0.15, -0.1) is 0 Å². The molecule has 2 rings (SSSR count). The maximum absolute atomic E-state index is 8.79. The van der Waals surface area contributed by atoms with Gasteiger partial charge in [0, 0.05) is 0 Å². The fraction of sp³-hybridized carbons (Fsp3) is 1.00. The van der Waals surface area contributed by atoms with Crippen LogP contribution in [0.15, 0.2) is 0 Å². The van der Waals surface area contributed by atoms with E-state index in [1.165, 1.54) is 44.9 Å². The lowest BCUT2D eigenvalue weighted by Gasteiger charge is -2.42. The SMILES string of the molecule is OCCOC1(C2CCC2)CCCC1. The average Bonchev–Trinajstić information content (AvgIpc) is 2.47. The summed E-state index contributed by atoms with van der Waals surface area (Å²) in [6, 6.07) is 0. The number of rotatable bonds is 4. The summed E-state index contributed by atoms with van der Waals surface area (Å²) in [7, 11) is 0. The van der Waals surface area contributed by atoms with Crippen LogP contribution in [0.2, 0.25) is 0 Å². The zero-order valence-electron chi connectivity index (χ0n) is 8.30. The molecule has 1 N–H and O–H groups in total. The number of hydrogen-bond donors (Lipinski definition) is 1. The van der Waals surface area contributed by atoms with E-state index in [0.717, 1.165) is 5.92 Å². The third kappa shape index (κ3) is 1.75. The molecule has 0 radical (unpaired) electrons. The molecule has 0 atom stereocenters. The van der Waals surface area contributed by atoms with Crippen molar-refractivity contribution >= 4 is 0 Å². The Hall–Kier alpha value is -0.0800. The number of ether oxygens (including phenoxy) is 1. The lowest BCUT2D eigenvalue weighted by atomic mass is 9.72. The van der Waals surface area contributed by atoms with Gasteiger partial charge in [0.05, 0.1) is 18.8 Å². The highest BCUT2D eigenvalue weighted by Gasteiger charge is 2.44. The van der Waals surface area contributed by atoms with Gasteiger partial charge in [0.15, 0.2) is 0 Å². The Morgan fingerprint density at radius 2 is 1.85 bits per heavy atom. The zero-order chi connectivity index (χ0) is 9.15. The van der Waals surface area contributed by atoms with Gasteiger partial charge in [-0.3, -0.25) is 0 Å². The minimum absolute atomic E-state index is 0.175. The van der Waals surface area contributed by atoms with Crippen molar-refractivity contribution in [2.45, 2.75) is 50.5 Å². The molecule has 0 heterocycles. The number of hydrogen-bond acceptors (Lipinski definition) is 2. The van der Waals surface area contributed by atoms with Gasteiger partial charge in [-0.25, -0.2) is 0 Å². The van der Waals surface area contributed by atoms with Gasteiger partial charge in [-0.1, -0.05) is 19.3 Å². The molecule has 0 aromatic carbocycles. The van der Waals surface area contributed by atoms with E-state index in [1.54, 1.807) is 0 Å². The molecule has 2 fully saturated rings. The largest absolute Gasteiger partial charge is 0.394 e. The highest BCUT2D eigenvalue weighted by Crippen LogP contribution is 2.47. The van der Waals surface area contributed by atoms with Crippen LogP contribution in [0.3, 0.4) is 0 Å². The molecular formula is C11H20O2. The average molecular weight is 184 g/mol. The van der Waals surface area contributed by atoms with Crippen LogP contribution in [-0.4, -0.2) is 23.9 Å². The Kier molecular flexibility index (Phi) is 2.89. The Labute approximate surface area is 80.3 Å². The number of aliphatic hydroxyl groups is 1. The van der Waals surface area contributed by atoms with Crippen LogP contribution in [0.5, 0.6) is 0 Å². The molecule has 0 unspecified atom stereocenters. The van der Waals surface area contributed by atoms with Crippen LogP contribution < -0.4 is 0 Å². The monoisotopic (exact) mass is 184 g/mol. The van der Waals surface area contributed by atoms with Crippen LogP contribution in [0.4, 0.5) is 0 Å². The van der Waals surface area contributed by atoms with Crippen molar-refractivity contribution in [3.8, 4) is 0 Å². The molecule has 0 aromatic rings. The van der Waals surface area contributed by atoms with Gasteiger partial charge in [-0.05, 0) is 31.6 Å². The van der Waals surface area contributed by atoms with Crippen molar-refractivity contribution in [3.63, 3.8) is 0 Å². The smallest absolute Gasteiger partial charge is 0.0711 e.